The summed E-state index contributed by atoms with van der Waals surface area (Å²) in [5.74, 6) is 1.66. The molecular weight excluding hydrogens is 355 g/mol. The number of rotatable bonds is 2. The minimum atomic E-state index is 0.230. The van der Waals surface area contributed by atoms with E-state index in [0.717, 1.165) is 0 Å². The zero-order valence-corrected chi connectivity index (χ0v) is 16.6. The average Bonchev–Trinajstić information content (AvgIpc) is 3.19. The molecule has 0 radical (unpaired) electrons. The van der Waals surface area contributed by atoms with Crippen molar-refractivity contribution >= 4 is 12.2 Å². The fourth-order valence-corrected chi connectivity index (χ4v) is 3.69. The maximum atomic E-state index is 2.38. The van der Waals surface area contributed by atoms with Crippen LogP contribution in [0.25, 0.3) is 12.2 Å². The molecule has 0 bridgehead atoms. The Kier molecular flexibility index (Phi) is 5.49. The van der Waals surface area contributed by atoms with E-state index in [1.807, 2.05) is 0 Å². The Bertz CT molecular complexity index is 665. The molecule has 2 unspecified atom stereocenters. The van der Waals surface area contributed by atoms with E-state index in [9.17, 15) is 0 Å². The Balaban J connectivity index is 0.000000485. The topological polar surface area (TPSA) is 0 Å². The molecule has 0 aromatic heterocycles. The van der Waals surface area contributed by atoms with Crippen LogP contribution in [0.2, 0.25) is 9.26 Å². The van der Waals surface area contributed by atoms with Gasteiger partial charge in [0.05, 0.1) is 0 Å². The van der Waals surface area contributed by atoms with Gasteiger partial charge >= 0.3 is 32.5 Å². The Morgan fingerprint density at radius 3 is 1.57 bits per heavy atom. The van der Waals surface area contributed by atoms with E-state index in [1.54, 1.807) is 0 Å². The van der Waals surface area contributed by atoms with Crippen LogP contribution in [0.3, 0.4) is 0 Å². The van der Waals surface area contributed by atoms with Crippen molar-refractivity contribution in [1.82, 2.24) is 0 Å². The van der Waals surface area contributed by atoms with Gasteiger partial charge in [-0.2, -0.15) is 0 Å². The van der Waals surface area contributed by atoms with Gasteiger partial charge in [0.2, 0.25) is 0 Å². The first-order valence-corrected chi connectivity index (χ1v) is 13.3. The van der Waals surface area contributed by atoms with Gasteiger partial charge in [-0.25, -0.2) is 0 Å². The van der Waals surface area contributed by atoms with Gasteiger partial charge in [0.15, 0.2) is 0 Å². The maximum absolute atomic E-state index is 2.38. The fraction of sp³-hybridized carbons (Fsp3) is 0.273. The molecule has 0 saturated heterocycles. The molecule has 116 valence electrons. The first kappa shape index (κ1) is 16.7. The molecule has 1 heteroatoms. The normalized spacial score (nSPS) is 21.2. The van der Waals surface area contributed by atoms with Gasteiger partial charge in [-0.1, -0.05) is 79.8 Å². The second-order valence-electron chi connectivity index (χ2n) is 6.39. The van der Waals surface area contributed by atoms with Crippen molar-refractivity contribution in [3.05, 3.63) is 82.9 Å². The zero-order valence-electron chi connectivity index (χ0n) is 14.2. The standard InChI is InChI=1S/C20H18.2CH3.Zr/c1-14(17-12-10-15-6-2-4-8-19(15)17)18-13-11-16-7-3-5-9-20(16)18;;;/h2-14,17-18H,1H3;2*1H3;. The molecule has 2 aromatic carbocycles. The molecular formula is C22H24Zr. The molecule has 2 aliphatic rings. The van der Waals surface area contributed by atoms with Crippen LogP contribution >= 0.6 is 0 Å². The van der Waals surface area contributed by atoms with Crippen LogP contribution in [0.5, 0.6) is 0 Å². The molecule has 0 saturated carbocycles. The van der Waals surface area contributed by atoms with Crippen molar-refractivity contribution in [1.29, 1.82) is 0 Å². The molecule has 0 aliphatic heterocycles. The third-order valence-corrected chi connectivity index (χ3v) is 4.81. The van der Waals surface area contributed by atoms with Crippen molar-refractivity contribution < 1.29 is 23.2 Å². The Labute approximate surface area is 151 Å². The third kappa shape index (κ3) is 3.36. The van der Waals surface area contributed by atoms with E-state index in [4.69, 9.17) is 0 Å². The SMILES string of the molecule is CC(C1C=Cc2ccccc21)C1C=Cc2ccccc21.[CH3][Zr][CH3]. The van der Waals surface area contributed by atoms with E-state index < -0.39 is 0 Å². The Morgan fingerprint density at radius 2 is 1.13 bits per heavy atom. The van der Waals surface area contributed by atoms with Crippen LogP contribution in [-0.2, 0) is 23.2 Å². The van der Waals surface area contributed by atoms with Crippen LogP contribution in [-0.4, -0.2) is 0 Å². The van der Waals surface area contributed by atoms with Crippen LogP contribution in [0.15, 0.2) is 60.7 Å². The van der Waals surface area contributed by atoms with Gasteiger partial charge in [-0.15, -0.1) is 0 Å². The molecule has 0 amide bonds. The predicted octanol–water partition coefficient (Wildman–Crippen LogP) is 6.41. The van der Waals surface area contributed by atoms with E-state index in [1.165, 1.54) is 22.3 Å². The predicted molar refractivity (Wildman–Crippen MR) is 97.3 cm³/mol. The molecule has 2 aliphatic carbocycles. The average molecular weight is 380 g/mol. The molecule has 0 spiro atoms. The molecule has 0 nitrogen and oxygen atoms in total. The molecule has 2 atom stereocenters. The quantitative estimate of drug-likeness (QED) is 0.565. The summed E-state index contributed by atoms with van der Waals surface area (Å²) in [5.41, 5.74) is 5.75. The number of hydrogen-bond acceptors (Lipinski definition) is 0. The van der Waals surface area contributed by atoms with Gasteiger partial charge in [0.25, 0.3) is 0 Å². The van der Waals surface area contributed by atoms with E-state index in [-0.39, 0.29) is 23.2 Å². The van der Waals surface area contributed by atoms with Crippen molar-refractivity contribution in [2.45, 2.75) is 28.0 Å². The Hall–Kier alpha value is -1.20. The summed E-state index contributed by atoms with van der Waals surface area (Å²) in [4.78, 5) is 0. The van der Waals surface area contributed by atoms with Gasteiger partial charge in [0, 0.05) is 11.8 Å². The van der Waals surface area contributed by atoms with E-state index in [0.29, 0.717) is 17.8 Å². The van der Waals surface area contributed by atoms with Gasteiger partial charge in [-0.3, -0.25) is 0 Å². The third-order valence-electron chi connectivity index (χ3n) is 4.81. The van der Waals surface area contributed by atoms with Crippen molar-refractivity contribution in [2.24, 2.45) is 5.92 Å². The summed E-state index contributed by atoms with van der Waals surface area (Å²) in [6.45, 7) is 2.38. The summed E-state index contributed by atoms with van der Waals surface area (Å²) in [7, 11) is 0. The summed E-state index contributed by atoms with van der Waals surface area (Å²) in [6.07, 6.45) is 9.32. The monoisotopic (exact) mass is 378 g/mol. The van der Waals surface area contributed by atoms with Crippen LogP contribution < -0.4 is 0 Å². The van der Waals surface area contributed by atoms with Crippen molar-refractivity contribution in [2.75, 3.05) is 0 Å². The van der Waals surface area contributed by atoms with Gasteiger partial charge in [-0.05, 0) is 28.2 Å². The van der Waals surface area contributed by atoms with Crippen LogP contribution in [0.4, 0.5) is 0 Å². The number of hydrogen-bond donors (Lipinski definition) is 0. The second kappa shape index (κ2) is 7.58. The van der Waals surface area contributed by atoms with Gasteiger partial charge in [0.1, 0.15) is 0 Å². The number of allylic oxidation sites excluding steroid dienone is 2. The molecule has 4 rings (SSSR count). The fourth-order valence-electron chi connectivity index (χ4n) is 3.69. The number of benzene rings is 2. The summed E-state index contributed by atoms with van der Waals surface area (Å²) in [5, 5.41) is 0. The summed E-state index contributed by atoms with van der Waals surface area (Å²) < 4.78 is 4.59. The minimum absolute atomic E-state index is 0.230. The number of fused-ring (bicyclic) bond motifs is 2. The molecule has 23 heavy (non-hydrogen) atoms. The summed E-state index contributed by atoms with van der Waals surface area (Å²) in [6, 6.07) is 17.6. The second-order valence-corrected chi connectivity index (χ2v) is 8.84. The van der Waals surface area contributed by atoms with Gasteiger partial charge < -0.3 is 0 Å². The van der Waals surface area contributed by atoms with Crippen molar-refractivity contribution in [3.8, 4) is 0 Å². The zero-order chi connectivity index (χ0) is 16.2. The van der Waals surface area contributed by atoms with E-state index >= 15 is 0 Å². The molecule has 0 fully saturated rings. The van der Waals surface area contributed by atoms with Crippen LogP contribution in [0, 0.1) is 5.92 Å². The first-order chi connectivity index (χ1) is 11.3. The van der Waals surface area contributed by atoms with Crippen LogP contribution in [0.1, 0.15) is 41.0 Å². The Morgan fingerprint density at radius 1 is 0.739 bits per heavy atom. The first-order valence-electron chi connectivity index (χ1n) is 8.39. The molecule has 2 aromatic rings. The summed E-state index contributed by atoms with van der Waals surface area (Å²) >= 11 is 0.230. The molecule has 0 N–H and O–H groups in total. The van der Waals surface area contributed by atoms with Crippen molar-refractivity contribution in [3.63, 3.8) is 0 Å². The van der Waals surface area contributed by atoms with E-state index in [2.05, 4.69) is 89.0 Å². The molecule has 0 heterocycles.